The van der Waals surface area contributed by atoms with Crippen molar-refractivity contribution in [1.82, 2.24) is 14.9 Å². The molecule has 0 unspecified atom stereocenters. The predicted octanol–water partition coefficient (Wildman–Crippen LogP) is 0.644. The van der Waals surface area contributed by atoms with Crippen molar-refractivity contribution in [2.45, 2.75) is 6.92 Å². The minimum Gasteiger partial charge on any atom is -0.481 e. The summed E-state index contributed by atoms with van der Waals surface area (Å²) < 4.78 is 10.5. The summed E-state index contributed by atoms with van der Waals surface area (Å²) in [7, 11) is 1.62. The first-order valence-electron chi connectivity index (χ1n) is 6.75. The molecule has 106 valence electrons. The summed E-state index contributed by atoms with van der Waals surface area (Å²) in [5, 5.41) is 0. The molecule has 19 heavy (non-hydrogen) atoms. The van der Waals surface area contributed by atoms with Gasteiger partial charge in [0.2, 0.25) is 11.8 Å². The molecule has 0 spiro atoms. The number of nitrogens with zero attached hydrogens (tertiary/aromatic N) is 4. The zero-order chi connectivity index (χ0) is 13.5. The highest BCUT2D eigenvalue weighted by Crippen LogP contribution is 2.14. The standard InChI is InChI=1S/C13H22N4O2/c1-3-19-11-10-16-6-8-17(9-7-16)13-14-5-4-12(15-13)18-2/h4-5H,3,6-11H2,1-2H3. The second kappa shape index (κ2) is 7.25. The molecule has 6 nitrogen and oxygen atoms in total. The van der Waals surface area contributed by atoms with Crippen LogP contribution in [-0.2, 0) is 4.74 Å². The average Bonchev–Trinajstić information content (AvgIpc) is 2.48. The molecule has 0 amide bonds. The van der Waals surface area contributed by atoms with E-state index in [-0.39, 0.29) is 0 Å². The van der Waals surface area contributed by atoms with E-state index in [2.05, 4.69) is 19.8 Å². The highest BCUT2D eigenvalue weighted by Gasteiger charge is 2.18. The van der Waals surface area contributed by atoms with Gasteiger partial charge < -0.3 is 14.4 Å². The number of anilines is 1. The lowest BCUT2D eigenvalue weighted by molar-refractivity contribution is 0.111. The zero-order valence-corrected chi connectivity index (χ0v) is 11.7. The van der Waals surface area contributed by atoms with Gasteiger partial charge in [-0.2, -0.15) is 4.98 Å². The maximum Gasteiger partial charge on any atom is 0.228 e. The molecule has 2 rings (SSSR count). The molecule has 2 heterocycles. The lowest BCUT2D eigenvalue weighted by atomic mass is 10.3. The van der Waals surface area contributed by atoms with E-state index in [0.717, 1.165) is 51.9 Å². The van der Waals surface area contributed by atoms with E-state index in [1.54, 1.807) is 19.4 Å². The van der Waals surface area contributed by atoms with Gasteiger partial charge in [-0.1, -0.05) is 0 Å². The van der Waals surface area contributed by atoms with E-state index >= 15 is 0 Å². The van der Waals surface area contributed by atoms with Gasteiger partial charge in [0.25, 0.3) is 0 Å². The maximum atomic E-state index is 5.38. The summed E-state index contributed by atoms with van der Waals surface area (Å²) >= 11 is 0. The van der Waals surface area contributed by atoms with Crippen molar-refractivity contribution in [2.24, 2.45) is 0 Å². The Morgan fingerprint density at radius 2 is 2.05 bits per heavy atom. The molecule has 0 bridgehead atoms. The van der Waals surface area contributed by atoms with Crippen LogP contribution in [0.3, 0.4) is 0 Å². The van der Waals surface area contributed by atoms with Crippen molar-refractivity contribution in [3.8, 4) is 5.88 Å². The Labute approximate surface area is 114 Å². The van der Waals surface area contributed by atoms with Crippen molar-refractivity contribution in [3.63, 3.8) is 0 Å². The highest BCUT2D eigenvalue weighted by atomic mass is 16.5. The summed E-state index contributed by atoms with van der Waals surface area (Å²) in [6, 6.07) is 1.77. The molecule has 1 aromatic rings. The number of hydrogen-bond donors (Lipinski definition) is 0. The fraction of sp³-hybridized carbons (Fsp3) is 0.692. The number of aromatic nitrogens is 2. The Morgan fingerprint density at radius 3 is 2.74 bits per heavy atom. The van der Waals surface area contributed by atoms with Crippen molar-refractivity contribution >= 4 is 5.95 Å². The SMILES string of the molecule is CCOCCN1CCN(c2nccc(OC)n2)CC1. The average molecular weight is 266 g/mol. The maximum absolute atomic E-state index is 5.38. The van der Waals surface area contributed by atoms with Gasteiger partial charge in [-0.05, 0) is 6.92 Å². The van der Waals surface area contributed by atoms with Crippen LogP contribution in [0.15, 0.2) is 12.3 Å². The van der Waals surface area contributed by atoms with Crippen molar-refractivity contribution in [1.29, 1.82) is 0 Å². The molecule has 1 aromatic heterocycles. The molecule has 0 aliphatic carbocycles. The Morgan fingerprint density at radius 1 is 1.26 bits per heavy atom. The zero-order valence-electron chi connectivity index (χ0n) is 11.7. The van der Waals surface area contributed by atoms with Gasteiger partial charge in [-0.15, -0.1) is 0 Å². The van der Waals surface area contributed by atoms with Crippen molar-refractivity contribution in [2.75, 3.05) is 57.9 Å². The van der Waals surface area contributed by atoms with E-state index in [9.17, 15) is 0 Å². The third kappa shape index (κ3) is 4.04. The molecule has 0 atom stereocenters. The van der Waals surface area contributed by atoms with Crippen LogP contribution in [0.5, 0.6) is 5.88 Å². The topological polar surface area (TPSA) is 50.7 Å². The van der Waals surface area contributed by atoms with Gasteiger partial charge in [0.1, 0.15) is 0 Å². The van der Waals surface area contributed by atoms with Crippen LogP contribution in [0.2, 0.25) is 0 Å². The van der Waals surface area contributed by atoms with Crippen molar-refractivity contribution < 1.29 is 9.47 Å². The third-order valence-electron chi connectivity index (χ3n) is 3.24. The Kier molecular flexibility index (Phi) is 5.35. The second-order valence-corrected chi connectivity index (χ2v) is 4.42. The van der Waals surface area contributed by atoms with Gasteiger partial charge in [0.05, 0.1) is 13.7 Å². The number of methoxy groups -OCH3 is 1. The Bertz CT molecular complexity index is 381. The molecule has 1 aliphatic heterocycles. The summed E-state index contributed by atoms with van der Waals surface area (Å²) in [6.07, 6.45) is 1.74. The molecular formula is C13H22N4O2. The first kappa shape index (κ1) is 14.0. The van der Waals surface area contributed by atoms with Crippen LogP contribution in [0, 0.1) is 0 Å². The van der Waals surface area contributed by atoms with E-state index in [1.165, 1.54) is 0 Å². The predicted molar refractivity (Wildman–Crippen MR) is 73.7 cm³/mol. The molecular weight excluding hydrogens is 244 g/mol. The first-order chi connectivity index (χ1) is 9.33. The minimum atomic E-state index is 0.615. The van der Waals surface area contributed by atoms with Crippen LogP contribution >= 0.6 is 0 Å². The molecule has 0 radical (unpaired) electrons. The smallest absolute Gasteiger partial charge is 0.228 e. The molecule has 1 saturated heterocycles. The van der Waals surface area contributed by atoms with E-state index < -0.39 is 0 Å². The fourth-order valence-corrected chi connectivity index (χ4v) is 2.11. The Balaban J connectivity index is 1.82. The normalized spacial score (nSPS) is 16.6. The molecule has 1 aliphatic rings. The van der Waals surface area contributed by atoms with Crippen molar-refractivity contribution in [3.05, 3.63) is 12.3 Å². The van der Waals surface area contributed by atoms with E-state index in [1.807, 2.05) is 6.92 Å². The van der Waals surface area contributed by atoms with Gasteiger partial charge in [0, 0.05) is 51.6 Å². The second-order valence-electron chi connectivity index (χ2n) is 4.42. The number of rotatable bonds is 6. The molecule has 0 aromatic carbocycles. The lowest BCUT2D eigenvalue weighted by Gasteiger charge is -2.34. The number of ether oxygens (including phenoxy) is 2. The minimum absolute atomic E-state index is 0.615. The quantitative estimate of drug-likeness (QED) is 0.704. The van der Waals surface area contributed by atoms with Crippen LogP contribution in [-0.4, -0.2) is 67.9 Å². The van der Waals surface area contributed by atoms with Crippen LogP contribution < -0.4 is 9.64 Å². The van der Waals surface area contributed by atoms with Crippen LogP contribution in [0.4, 0.5) is 5.95 Å². The first-order valence-corrected chi connectivity index (χ1v) is 6.75. The largest absolute Gasteiger partial charge is 0.481 e. The molecule has 0 saturated carbocycles. The number of piperazine rings is 1. The molecule has 0 N–H and O–H groups in total. The Hall–Kier alpha value is -1.40. The fourth-order valence-electron chi connectivity index (χ4n) is 2.11. The van der Waals surface area contributed by atoms with Gasteiger partial charge in [-0.25, -0.2) is 4.98 Å². The van der Waals surface area contributed by atoms with Crippen LogP contribution in [0.1, 0.15) is 6.92 Å². The summed E-state index contributed by atoms with van der Waals surface area (Å²) in [5.74, 6) is 1.37. The van der Waals surface area contributed by atoms with Gasteiger partial charge >= 0.3 is 0 Å². The number of hydrogen-bond acceptors (Lipinski definition) is 6. The molecule has 1 fully saturated rings. The van der Waals surface area contributed by atoms with Crippen LogP contribution in [0.25, 0.3) is 0 Å². The highest BCUT2D eigenvalue weighted by molar-refractivity contribution is 5.32. The van der Waals surface area contributed by atoms with E-state index in [4.69, 9.17) is 9.47 Å². The van der Waals surface area contributed by atoms with Gasteiger partial charge in [-0.3, -0.25) is 4.90 Å². The summed E-state index contributed by atoms with van der Waals surface area (Å²) in [5.41, 5.74) is 0. The lowest BCUT2D eigenvalue weighted by Crippen LogP contribution is -2.47. The van der Waals surface area contributed by atoms with Gasteiger partial charge in [0.15, 0.2) is 0 Å². The third-order valence-corrected chi connectivity index (χ3v) is 3.24. The summed E-state index contributed by atoms with van der Waals surface area (Å²) in [6.45, 7) is 8.56. The summed E-state index contributed by atoms with van der Waals surface area (Å²) in [4.78, 5) is 13.3. The molecule has 6 heteroatoms. The van der Waals surface area contributed by atoms with E-state index in [0.29, 0.717) is 5.88 Å². The monoisotopic (exact) mass is 266 g/mol.